The lowest BCUT2D eigenvalue weighted by molar-refractivity contribution is -0.161. The summed E-state index contributed by atoms with van der Waals surface area (Å²) in [4.78, 5) is 25.9. The van der Waals surface area contributed by atoms with Gasteiger partial charge < -0.3 is 9.84 Å². The molecule has 1 N–H and O–H groups in total. The van der Waals surface area contributed by atoms with Crippen LogP contribution in [-0.4, -0.2) is 33.3 Å². The standard InChI is InChI=1S/C9H11ClN2O4/c1-9(15,7(13)16-2)5-12-4-6(10)3-11-8(12)14/h3-4,15H,5H2,1-2H3. The first kappa shape index (κ1) is 12.7. The number of methoxy groups -OCH3 is 1. The molecule has 1 aromatic heterocycles. The van der Waals surface area contributed by atoms with Crippen molar-refractivity contribution in [1.82, 2.24) is 9.55 Å². The summed E-state index contributed by atoms with van der Waals surface area (Å²) in [5.41, 5.74) is -2.40. The fraction of sp³-hybridized carbons (Fsp3) is 0.444. The van der Waals surface area contributed by atoms with E-state index in [0.717, 1.165) is 11.7 Å². The van der Waals surface area contributed by atoms with Crippen molar-refractivity contribution < 1.29 is 14.6 Å². The molecule has 0 aliphatic rings. The van der Waals surface area contributed by atoms with Gasteiger partial charge in [0.2, 0.25) is 0 Å². The summed E-state index contributed by atoms with van der Waals surface area (Å²) in [6.07, 6.45) is 2.47. The van der Waals surface area contributed by atoms with Gasteiger partial charge in [-0.25, -0.2) is 14.6 Å². The molecular weight excluding hydrogens is 236 g/mol. The molecule has 0 radical (unpaired) electrons. The van der Waals surface area contributed by atoms with Gasteiger partial charge in [0, 0.05) is 6.20 Å². The highest BCUT2D eigenvalue weighted by molar-refractivity contribution is 6.30. The molecule has 0 aromatic carbocycles. The molecule has 0 fully saturated rings. The maximum Gasteiger partial charge on any atom is 0.347 e. The van der Waals surface area contributed by atoms with Gasteiger partial charge in [0.15, 0.2) is 5.60 Å². The van der Waals surface area contributed by atoms with E-state index < -0.39 is 17.3 Å². The molecule has 1 aromatic rings. The van der Waals surface area contributed by atoms with Gasteiger partial charge in [0.25, 0.3) is 0 Å². The van der Waals surface area contributed by atoms with E-state index in [9.17, 15) is 14.7 Å². The predicted molar refractivity (Wildman–Crippen MR) is 56.1 cm³/mol. The van der Waals surface area contributed by atoms with Crippen LogP contribution in [0.1, 0.15) is 6.92 Å². The second-order valence-electron chi connectivity index (χ2n) is 3.45. The van der Waals surface area contributed by atoms with E-state index in [1.54, 1.807) is 0 Å². The Balaban J connectivity index is 3.00. The number of carbonyl (C=O) groups is 1. The Morgan fingerprint density at radius 2 is 2.38 bits per heavy atom. The number of hydrogen-bond donors (Lipinski definition) is 1. The summed E-state index contributed by atoms with van der Waals surface area (Å²) in [5, 5.41) is 9.98. The van der Waals surface area contributed by atoms with Crippen LogP contribution in [0.4, 0.5) is 0 Å². The van der Waals surface area contributed by atoms with Crippen molar-refractivity contribution >= 4 is 17.6 Å². The molecule has 0 amide bonds. The van der Waals surface area contributed by atoms with E-state index in [0.29, 0.717) is 0 Å². The molecular formula is C9H11ClN2O4. The average molecular weight is 247 g/mol. The monoisotopic (exact) mass is 246 g/mol. The highest BCUT2D eigenvalue weighted by Gasteiger charge is 2.32. The molecule has 0 aliphatic carbocycles. The summed E-state index contributed by atoms with van der Waals surface area (Å²) in [6.45, 7) is 0.970. The summed E-state index contributed by atoms with van der Waals surface area (Å²) >= 11 is 5.64. The molecule has 0 saturated carbocycles. The Hall–Kier alpha value is -1.40. The van der Waals surface area contributed by atoms with Crippen LogP contribution in [0.25, 0.3) is 0 Å². The van der Waals surface area contributed by atoms with Crippen LogP contribution in [0.3, 0.4) is 0 Å². The number of aromatic nitrogens is 2. The molecule has 0 aliphatic heterocycles. The molecule has 6 nitrogen and oxygen atoms in total. The molecule has 1 unspecified atom stereocenters. The molecule has 0 bridgehead atoms. The van der Waals surface area contributed by atoms with Gasteiger partial charge in [0.1, 0.15) is 0 Å². The average Bonchev–Trinajstić information content (AvgIpc) is 2.22. The largest absolute Gasteiger partial charge is 0.467 e. The number of nitrogens with zero attached hydrogens (tertiary/aromatic N) is 2. The van der Waals surface area contributed by atoms with Crippen LogP contribution in [-0.2, 0) is 16.1 Å². The zero-order valence-corrected chi connectivity index (χ0v) is 9.56. The van der Waals surface area contributed by atoms with Crippen molar-refractivity contribution in [1.29, 1.82) is 0 Å². The van der Waals surface area contributed by atoms with Crippen LogP contribution in [0.2, 0.25) is 5.02 Å². The number of hydrogen-bond acceptors (Lipinski definition) is 5. The highest BCUT2D eigenvalue weighted by Crippen LogP contribution is 2.10. The fourth-order valence-corrected chi connectivity index (χ4v) is 1.32. The van der Waals surface area contributed by atoms with Crippen molar-refractivity contribution in [2.75, 3.05) is 7.11 Å². The third-order valence-electron chi connectivity index (χ3n) is 1.93. The quantitative estimate of drug-likeness (QED) is 0.749. The zero-order valence-electron chi connectivity index (χ0n) is 8.81. The maximum atomic E-state index is 11.3. The summed E-state index contributed by atoms with van der Waals surface area (Å²) < 4.78 is 5.44. The predicted octanol–water partition coefficient (Wildman–Crippen LogP) is -0.179. The van der Waals surface area contributed by atoms with Crippen LogP contribution in [0.5, 0.6) is 0 Å². The van der Waals surface area contributed by atoms with Crippen molar-refractivity contribution in [3.8, 4) is 0 Å². The maximum absolute atomic E-state index is 11.3. The van der Waals surface area contributed by atoms with Gasteiger partial charge in [-0.1, -0.05) is 11.6 Å². The summed E-state index contributed by atoms with van der Waals surface area (Å²) in [6, 6.07) is 0. The topological polar surface area (TPSA) is 81.4 Å². The Morgan fingerprint density at radius 3 is 2.94 bits per heavy atom. The van der Waals surface area contributed by atoms with E-state index >= 15 is 0 Å². The van der Waals surface area contributed by atoms with E-state index in [2.05, 4.69) is 9.72 Å². The first-order valence-corrected chi connectivity index (χ1v) is 4.77. The third kappa shape index (κ3) is 2.80. The number of rotatable bonds is 3. The molecule has 1 rings (SSSR count). The Kier molecular flexibility index (Phi) is 3.66. The first-order chi connectivity index (χ1) is 7.36. The lowest BCUT2D eigenvalue weighted by atomic mass is 10.1. The van der Waals surface area contributed by atoms with E-state index in [1.807, 2.05) is 0 Å². The van der Waals surface area contributed by atoms with Crippen molar-refractivity contribution in [2.45, 2.75) is 19.1 Å². The Bertz CT molecular complexity index is 455. The minimum absolute atomic E-state index is 0.236. The van der Waals surface area contributed by atoms with Crippen LogP contribution in [0, 0.1) is 0 Å². The molecule has 0 saturated heterocycles. The fourth-order valence-electron chi connectivity index (χ4n) is 1.16. The smallest absolute Gasteiger partial charge is 0.347 e. The second-order valence-corrected chi connectivity index (χ2v) is 3.88. The van der Waals surface area contributed by atoms with E-state index in [1.165, 1.54) is 19.3 Å². The Labute approximate surface area is 96.4 Å². The minimum atomic E-state index is -1.80. The SMILES string of the molecule is COC(=O)C(C)(O)Cn1cc(Cl)cnc1=O. The normalized spacial score (nSPS) is 14.2. The molecule has 16 heavy (non-hydrogen) atoms. The van der Waals surface area contributed by atoms with E-state index in [4.69, 9.17) is 11.6 Å². The number of aliphatic hydroxyl groups is 1. The molecule has 7 heteroatoms. The summed E-state index contributed by atoms with van der Waals surface area (Å²) in [5.74, 6) is -0.834. The summed E-state index contributed by atoms with van der Waals surface area (Å²) in [7, 11) is 1.15. The lowest BCUT2D eigenvalue weighted by Crippen LogP contribution is -2.43. The molecule has 1 heterocycles. The van der Waals surface area contributed by atoms with Crippen molar-refractivity contribution in [2.24, 2.45) is 0 Å². The van der Waals surface area contributed by atoms with Crippen molar-refractivity contribution in [3.05, 3.63) is 27.9 Å². The van der Waals surface area contributed by atoms with Gasteiger partial charge >= 0.3 is 11.7 Å². The van der Waals surface area contributed by atoms with Gasteiger partial charge in [-0.3, -0.25) is 4.57 Å². The number of carbonyl (C=O) groups excluding carboxylic acids is 1. The lowest BCUT2D eigenvalue weighted by Gasteiger charge is -2.20. The second kappa shape index (κ2) is 4.63. The van der Waals surface area contributed by atoms with Crippen LogP contribution < -0.4 is 5.69 Å². The zero-order chi connectivity index (χ0) is 12.3. The van der Waals surface area contributed by atoms with Gasteiger partial charge in [0.05, 0.1) is 24.9 Å². The van der Waals surface area contributed by atoms with Gasteiger partial charge in [-0.15, -0.1) is 0 Å². The molecule has 0 spiro atoms. The van der Waals surface area contributed by atoms with E-state index in [-0.39, 0.29) is 11.6 Å². The Morgan fingerprint density at radius 1 is 1.75 bits per heavy atom. The first-order valence-electron chi connectivity index (χ1n) is 4.39. The minimum Gasteiger partial charge on any atom is -0.467 e. The highest BCUT2D eigenvalue weighted by atomic mass is 35.5. The van der Waals surface area contributed by atoms with Gasteiger partial charge in [-0.05, 0) is 6.92 Å². The molecule has 1 atom stereocenters. The number of ether oxygens (including phenoxy) is 1. The molecule has 88 valence electrons. The third-order valence-corrected chi connectivity index (χ3v) is 2.12. The number of halogens is 1. The number of esters is 1. The van der Waals surface area contributed by atoms with Gasteiger partial charge in [-0.2, -0.15) is 0 Å². The van der Waals surface area contributed by atoms with Crippen LogP contribution in [0.15, 0.2) is 17.2 Å². The van der Waals surface area contributed by atoms with Crippen molar-refractivity contribution in [3.63, 3.8) is 0 Å². The van der Waals surface area contributed by atoms with Crippen LogP contribution >= 0.6 is 11.6 Å².